The van der Waals surface area contributed by atoms with E-state index in [1.54, 1.807) is 60.7 Å². The zero-order chi connectivity index (χ0) is 41.3. The molecule has 15 N–H and O–H groups in total. The maximum absolute atomic E-state index is 9.06. The van der Waals surface area contributed by atoms with Gasteiger partial charge in [0.1, 0.15) is 28.7 Å². The first-order valence-electron chi connectivity index (χ1n) is 14.7. The van der Waals surface area contributed by atoms with Gasteiger partial charge >= 0.3 is 0 Å². The molecule has 0 spiro atoms. The summed E-state index contributed by atoms with van der Waals surface area (Å²) in [7, 11) is 0. The van der Waals surface area contributed by atoms with Crippen LogP contribution in [0.15, 0.2) is 147 Å². The standard InChI is InChI=1S/5C7H7NO3.V/c5*9-6-4-2-1-3-5(6)7(10)8-11;/h5*1-4,9,11H,(H,8,10);. The van der Waals surface area contributed by atoms with Gasteiger partial charge in [-0.3, -0.25) is 0 Å². The monoisotopic (exact) mass is 816 g/mol. The molecule has 56 heavy (non-hydrogen) atoms. The molecule has 0 aliphatic carbocycles. The molecule has 5 aromatic carbocycles. The van der Waals surface area contributed by atoms with Crippen LogP contribution in [0.3, 0.4) is 0 Å². The van der Waals surface area contributed by atoms with E-state index >= 15 is 0 Å². The molecule has 0 aliphatic rings. The fraction of sp³-hybridized carbons (Fsp3) is 0. The third-order valence-corrected chi connectivity index (χ3v) is 6.20. The van der Waals surface area contributed by atoms with E-state index in [-0.39, 0.29) is 75.1 Å². The quantitative estimate of drug-likeness (QED) is 0.0455. The van der Waals surface area contributed by atoms with E-state index in [9.17, 15) is 0 Å². The zero-order valence-corrected chi connectivity index (χ0v) is 29.8. The predicted octanol–water partition coefficient (Wildman–Crippen LogP) is 5.43. The van der Waals surface area contributed by atoms with Crippen LogP contribution < -0.4 is 0 Å². The third-order valence-electron chi connectivity index (χ3n) is 6.20. The van der Waals surface area contributed by atoms with E-state index in [2.05, 4.69) is 25.8 Å². The molecule has 0 heterocycles. The van der Waals surface area contributed by atoms with Crippen LogP contribution >= 0.6 is 0 Å². The number of phenolic OH excluding ortho intramolecular Hbond substituents is 5. The molecule has 0 atom stereocenters. The molecule has 21 heteroatoms. The Kier molecular flexibility index (Phi) is 22.2. The van der Waals surface area contributed by atoms with E-state index in [1.165, 1.54) is 60.7 Å². The molecule has 0 aliphatic heterocycles. The molecule has 5 rings (SSSR count). The zero-order valence-electron chi connectivity index (χ0n) is 28.4. The van der Waals surface area contributed by atoms with Crippen LogP contribution in [0.25, 0.3) is 0 Å². The topological polar surface area (TPSA) is 365 Å². The molecule has 0 bridgehead atoms. The summed E-state index contributed by atoms with van der Waals surface area (Å²) >= 11 is 0. The molecule has 0 saturated heterocycles. The smallest absolute Gasteiger partial charge is 0.258 e. The molecule has 295 valence electrons. The van der Waals surface area contributed by atoms with Crippen LogP contribution in [0.4, 0.5) is 0 Å². The summed E-state index contributed by atoms with van der Waals surface area (Å²) in [6.07, 6.45) is 0. The molecular formula is C35H35N5O15V. The molecule has 0 amide bonds. The predicted molar refractivity (Wildman–Crippen MR) is 195 cm³/mol. The first-order chi connectivity index (χ1) is 26.3. The second-order valence-corrected chi connectivity index (χ2v) is 9.70. The Labute approximate surface area is 328 Å². The summed E-state index contributed by atoms with van der Waals surface area (Å²) in [6, 6.07) is 30.1. The van der Waals surface area contributed by atoms with Crippen molar-refractivity contribution in [1.82, 2.24) is 0 Å². The average molecular weight is 817 g/mol. The van der Waals surface area contributed by atoms with Crippen LogP contribution in [0.2, 0.25) is 0 Å². The number of benzene rings is 5. The minimum absolute atomic E-state index is 0. The molecule has 5 aromatic rings. The van der Waals surface area contributed by atoms with Gasteiger partial charge < -0.3 is 77.1 Å². The van der Waals surface area contributed by atoms with Crippen LogP contribution in [-0.2, 0) is 18.6 Å². The van der Waals surface area contributed by atoms with Gasteiger partial charge in [0.15, 0.2) is 0 Å². The molecule has 20 nitrogen and oxygen atoms in total. The Bertz CT molecular complexity index is 1770. The molecule has 0 unspecified atom stereocenters. The van der Waals surface area contributed by atoms with Gasteiger partial charge in [0.25, 0.3) is 29.5 Å². The number of hydrogen-bond acceptors (Lipinski definition) is 15. The number of hydrogen-bond donors (Lipinski definition) is 15. The Hall–Kier alpha value is -7.97. The van der Waals surface area contributed by atoms with Crippen molar-refractivity contribution < 1.29 is 95.7 Å². The van der Waals surface area contributed by atoms with E-state index in [4.69, 9.17) is 77.1 Å². The van der Waals surface area contributed by atoms with Crippen LogP contribution in [0, 0.1) is 0 Å². The number of aliphatic hydroxyl groups excluding tert-OH is 5. The van der Waals surface area contributed by atoms with E-state index in [0.29, 0.717) is 0 Å². The Morgan fingerprint density at radius 3 is 0.500 bits per heavy atom. The van der Waals surface area contributed by atoms with Crippen molar-refractivity contribution >= 4 is 29.5 Å². The Morgan fingerprint density at radius 1 is 0.268 bits per heavy atom. The largest absolute Gasteiger partial charge is 0.507 e. The van der Waals surface area contributed by atoms with Crippen LogP contribution in [0.5, 0.6) is 28.7 Å². The fourth-order valence-corrected chi connectivity index (χ4v) is 3.58. The number of para-hydroxylation sites is 5. The van der Waals surface area contributed by atoms with Crippen molar-refractivity contribution in [3.05, 3.63) is 149 Å². The summed E-state index contributed by atoms with van der Waals surface area (Å²) in [4.78, 5) is 0. The molecule has 1 radical (unpaired) electrons. The summed E-state index contributed by atoms with van der Waals surface area (Å²) in [5.41, 5.74) is 0.532. The van der Waals surface area contributed by atoms with E-state index in [1.807, 2.05) is 0 Å². The van der Waals surface area contributed by atoms with Crippen molar-refractivity contribution in [3.63, 3.8) is 0 Å². The number of nitrogens with zero attached hydrogens (tertiary/aromatic N) is 5. The summed E-state index contributed by atoms with van der Waals surface area (Å²) < 4.78 is 0. The molecule has 0 saturated carbocycles. The van der Waals surface area contributed by atoms with Gasteiger partial charge in [0.05, 0.1) is 27.8 Å². The van der Waals surface area contributed by atoms with Crippen LogP contribution in [-0.4, -0.2) is 107 Å². The maximum Gasteiger partial charge on any atom is 0.258 e. The van der Waals surface area contributed by atoms with Gasteiger partial charge in [-0.25, -0.2) is 0 Å². The van der Waals surface area contributed by atoms with Crippen molar-refractivity contribution in [2.24, 2.45) is 25.8 Å². The number of aliphatic hydroxyl groups is 5. The minimum atomic E-state index is -0.594. The Balaban J connectivity index is 0.000000672. The van der Waals surface area contributed by atoms with Crippen molar-refractivity contribution in [2.75, 3.05) is 0 Å². The number of oxime groups is 5. The first kappa shape index (κ1) is 48.0. The first-order valence-corrected chi connectivity index (χ1v) is 14.7. The molecular weight excluding hydrogens is 781 g/mol. The molecule has 0 fully saturated rings. The van der Waals surface area contributed by atoms with Crippen molar-refractivity contribution in [3.8, 4) is 28.7 Å². The van der Waals surface area contributed by atoms with Crippen molar-refractivity contribution in [1.29, 1.82) is 0 Å². The van der Waals surface area contributed by atoms with Crippen LogP contribution in [0.1, 0.15) is 27.8 Å². The normalized spacial score (nSPS) is 11.2. The molecule has 0 aromatic heterocycles. The fourth-order valence-electron chi connectivity index (χ4n) is 3.58. The summed E-state index contributed by atoms with van der Waals surface area (Å²) in [5, 5.41) is 143. The number of aromatic hydroxyl groups is 5. The van der Waals surface area contributed by atoms with Gasteiger partial charge in [-0.1, -0.05) is 60.7 Å². The third kappa shape index (κ3) is 15.7. The minimum Gasteiger partial charge on any atom is -0.507 e. The van der Waals surface area contributed by atoms with Gasteiger partial charge in [-0.15, -0.1) is 0 Å². The number of phenols is 5. The maximum atomic E-state index is 9.06. The van der Waals surface area contributed by atoms with E-state index < -0.39 is 29.5 Å². The second-order valence-electron chi connectivity index (χ2n) is 9.70. The van der Waals surface area contributed by atoms with Gasteiger partial charge in [0.2, 0.25) is 0 Å². The summed E-state index contributed by atoms with van der Waals surface area (Å²) in [6.45, 7) is 0. The SMILES string of the molecule is ON=C(O)c1ccccc1O.ON=C(O)c1ccccc1O.ON=C(O)c1ccccc1O.ON=C(O)c1ccccc1O.ON=C(O)c1ccccc1O.[V]. The van der Waals surface area contributed by atoms with E-state index in [0.717, 1.165) is 0 Å². The van der Waals surface area contributed by atoms with Gasteiger partial charge in [0, 0.05) is 18.6 Å². The van der Waals surface area contributed by atoms with Gasteiger partial charge in [-0.2, -0.15) is 0 Å². The summed E-state index contributed by atoms with van der Waals surface area (Å²) in [5.74, 6) is -3.58. The Morgan fingerprint density at radius 2 is 0.393 bits per heavy atom. The second kappa shape index (κ2) is 25.9. The number of rotatable bonds is 5. The average Bonchev–Trinajstić information content (AvgIpc) is 3.21. The van der Waals surface area contributed by atoms with Gasteiger partial charge in [-0.05, 0) is 86.4 Å². The van der Waals surface area contributed by atoms with Crippen molar-refractivity contribution in [2.45, 2.75) is 0 Å².